The summed E-state index contributed by atoms with van der Waals surface area (Å²) in [6.07, 6.45) is 4.10. The second-order valence-corrected chi connectivity index (χ2v) is 8.25. The van der Waals surface area contributed by atoms with Crippen molar-refractivity contribution >= 4 is 23.6 Å². The molecule has 2 amide bonds. The van der Waals surface area contributed by atoms with Gasteiger partial charge in [-0.15, -0.1) is 0 Å². The predicted molar refractivity (Wildman–Crippen MR) is 111 cm³/mol. The molecule has 1 aliphatic carbocycles. The van der Waals surface area contributed by atoms with Crippen LogP contribution in [0, 0.1) is 18.7 Å². The first-order valence-corrected chi connectivity index (χ1v) is 10.6. The third kappa shape index (κ3) is 3.95. The van der Waals surface area contributed by atoms with Crippen LogP contribution in [-0.2, 0) is 22.4 Å². The highest BCUT2D eigenvalue weighted by Crippen LogP contribution is 2.30. The lowest BCUT2D eigenvalue weighted by Crippen LogP contribution is -2.30. The molecule has 0 radical (unpaired) electrons. The number of carbonyl (C=O) groups is 2. The molecule has 0 bridgehead atoms. The van der Waals surface area contributed by atoms with Gasteiger partial charge in [-0.25, -0.2) is 19.2 Å². The van der Waals surface area contributed by atoms with Gasteiger partial charge in [0.25, 0.3) is 11.8 Å². The average molecular weight is 442 g/mol. The number of hydrogen-bond donors (Lipinski definition) is 2. The molecule has 0 unspecified atom stereocenters. The van der Waals surface area contributed by atoms with Crippen LogP contribution >= 0.6 is 0 Å². The van der Waals surface area contributed by atoms with E-state index in [2.05, 4.69) is 25.6 Å². The predicted octanol–water partition coefficient (Wildman–Crippen LogP) is 1.37. The molecular formula is C21H23FN6O4. The van der Waals surface area contributed by atoms with E-state index in [9.17, 15) is 14.0 Å². The van der Waals surface area contributed by atoms with Crippen molar-refractivity contribution in [3.63, 3.8) is 0 Å². The summed E-state index contributed by atoms with van der Waals surface area (Å²) in [5, 5.41) is 5.98. The molecule has 5 rings (SSSR count). The van der Waals surface area contributed by atoms with Gasteiger partial charge in [0.1, 0.15) is 11.9 Å². The van der Waals surface area contributed by atoms with Crippen molar-refractivity contribution in [2.75, 3.05) is 36.5 Å². The molecule has 0 saturated carbocycles. The zero-order valence-electron chi connectivity index (χ0n) is 17.6. The molecule has 2 aromatic rings. The highest BCUT2D eigenvalue weighted by molar-refractivity contribution is 5.94. The van der Waals surface area contributed by atoms with Gasteiger partial charge < -0.3 is 20.1 Å². The zero-order chi connectivity index (χ0) is 22.2. The normalized spacial score (nSPS) is 21.6. The van der Waals surface area contributed by atoms with Crippen molar-refractivity contribution in [3.8, 4) is 5.88 Å². The Kier molecular flexibility index (Phi) is 5.33. The van der Waals surface area contributed by atoms with Crippen LogP contribution < -0.4 is 20.3 Å². The molecule has 168 valence electrons. The molecule has 2 aliphatic heterocycles. The Morgan fingerprint density at radius 1 is 1.25 bits per heavy atom. The third-order valence-electron chi connectivity index (χ3n) is 6.00. The van der Waals surface area contributed by atoms with Crippen LogP contribution in [0.2, 0.25) is 0 Å². The van der Waals surface area contributed by atoms with Crippen molar-refractivity contribution in [3.05, 3.63) is 35.0 Å². The zero-order valence-corrected chi connectivity index (χ0v) is 17.6. The van der Waals surface area contributed by atoms with Crippen molar-refractivity contribution in [1.29, 1.82) is 0 Å². The van der Waals surface area contributed by atoms with Crippen molar-refractivity contribution < 1.29 is 23.5 Å². The summed E-state index contributed by atoms with van der Waals surface area (Å²) in [7, 11) is 0. The highest BCUT2D eigenvalue weighted by Gasteiger charge is 2.34. The van der Waals surface area contributed by atoms with Gasteiger partial charge in [0, 0.05) is 5.69 Å². The number of hydrogen-bond acceptors (Lipinski definition) is 8. The minimum absolute atomic E-state index is 0.111. The van der Waals surface area contributed by atoms with Gasteiger partial charge in [-0.1, -0.05) is 0 Å². The summed E-state index contributed by atoms with van der Waals surface area (Å²) in [5.74, 6) is 0.495. The number of aryl methyl sites for hydroxylation is 1. The number of ether oxygens (including phenoxy) is 2. The first kappa shape index (κ1) is 20.6. The minimum Gasteiger partial charge on any atom is -0.465 e. The lowest BCUT2D eigenvalue weighted by molar-refractivity contribution is -0.118. The highest BCUT2D eigenvalue weighted by atomic mass is 19.1. The van der Waals surface area contributed by atoms with E-state index in [1.807, 2.05) is 6.92 Å². The summed E-state index contributed by atoms with van der Waals surface area (Å²) < 4.78 is 24.6. The number of nitrogens with one attached hydrogen (secondary N) is 2. The van der Waals surface area contributed by atoms with Gasteiger partial charge in [0.15, 0.2) is 18.2 Å². The number of aromatic nitrogens is 3. The van der Waals surface area contributed by atoms with E-state index in [-0.39, 0.29) is 36.1 Å². The van der Waals surface area contributed by atoms with E-state index in [4.69, 9.17) is 9.47 Å². The van der Waals surface area contributed by atoms with E-state index >= 15 is 0 Å². The number of anilines is 2. The van der Waals surface area contributed by atoms with Crippen LogP contribution in [0.4, 0.5) is 20.8 Å². The number of amides is 2. The second-order valence-electron chi connectivity index (χ2n) is 8.25. The van der Waals surface area contributed by atoms with Crippen LogP contribution in [0.15, 0.2) is 12.4 Å². The molecule has 1 saturated heterocycles. The summed E-state index contributed by atoms with van der Waals surface area (Å²) >= 11 is 0. The topological polar surface area (TPSA) is 119 Å². The SMILES string of the molecule is Cc1ncc(F)c2c1C[C@H](CNCC[C@@H]1CN(c3cnc4c(n3)NC(=O)CO4)C(=O)O1)C2. The van der Waals surface area contributed by atoms with Crippen LogP contribution in [0.3, 0.4) is 0 Å². The molecule has 32 heavy (non-hydrogen) atoms. The lowest BCUT2D eigenvalue weighted by atomic mass is 10.1. The number of halogens is 1. The average Bonchev–Trinajstić information content (AvgIpc) is 3.38. The first-order chi connectivity index (χ1) is 15.5. The Morgan fingerprint density at radius 2 is 2.09 bits per heavy atom. The van der Waals surface area contributed by atoms with Crippen LogP contribution in [-0.4, -0.2) is 59.3 Å². The number of cyclic esters (lactones) is 1. The second kappa shape index (κ2) is 8.30. The molecule has 3 aliphatic rings. The number of rotatable bonds is 6. The van der Waals surface area contributed by atoms with Crippen molar-refractivity contribution in [2.24, 2.45) is 5.92 Å². The Labute approximate surface area is 183 Å². The van der Waals surface area contributed by atoms with Gasteiger partial charge in [0.05, 0.1) is 18.9 Å². The van der Waals surface area contributed by atoms with E-state index in [0.717, 1.165) is 29.8 Å². The quantitative estimate of drug-likeness (QED) is 0.644. The summed E-state index contributed by atoms with van der Waals surface area (Å²) in [6, 6.07) is 0. The molecule has 2 aromatic heterocycles. The minimum atomic E-state index is -0.503. The Balaban J connectivity index is 1.11. The van der Waals surface area contributed by atoms with E-state index < -0.39 is 6.09 Å². The maximum atomic E-state index is 14.0. The van der Waals surface area contributed by atoms with Gasteiger partial charge in [-0.2, -0.15) is 0 Å². The standard InChI is InChI=1S/C21H23FN6O4/c1-11-14-4-12(5-15(14)16(22)7-24-11)6-23-3-2-13-9-28(21(30)32-13)17-8-25-20-19(26-17)27-18(29)10-31-20/h7-8,12-13,23H,2-6,9-10H2,1H3,(H,26,27,29)/t12-,13+/m0/s1. The molecule has 10 nitrogen and oxygen atoms in total. The summed E-state index contributed by atoms with van der Waals surface area (Å²) in [6.45, 7) is 3.57. The van der Waals surface area contributed by atoms with E-state index in [1.165, 1.54) is 17.3 Å². The maximum absolute atomic E-state index is 14.0. The monoisotopic (exact) mass is 442 g/mol. The number of carbonyl (C=O) groups excluding carboxylic acids is 2. The largest absolute Gasteiger partial charge is 0.465 e. The van der Waals surface area contributed by atoms with Gasteiger partial charge in [0.2, 0.25) is 0 Å². The molecule has 1 fully saturated rings. The van der Waals surface area contributed by atoms with Crippen molar-refractivity contribution in [2.45, 2.75) is 32.3 Å². The molecular weight excluding hydrogens is 419 g/mol. The van der Waals surface area contributed by atoms with Gasteiger partial charge in [-0.3, -0.25) is 14.7 Å². The molecule has 4 heterocycles. The summed E-state index contributed by atoms with van der Waals surface area (Å²) in [5.41, 5.74) is 2.72. The molecule has 0 spiro atoms. The van der Waals surface area contributed by atoms with Crippen LogP contribution in [0.5, 0.6) is 5.88 Å². The lowest BCUT2D eigenvalue weighted by Gasteiger charge is -2.18. The number of pyridine rings is 1. The van der Waals surface area contributed by atoms with Crippen LogP contribution in [0.25, 0.3) is 0 Å². The molecule has 2 atom stereocenters. The Bertz CT molecular complexity index is 1050. The number of nitrogens with zero attached hydrogens (tertiary/aromatic N) is 4. The molecule has 11 heteroatoms. The fourth-order valence-electron chi connectivity index (χ4n) is 4.37. The van der Waals surface area contributed by atoms with Gasteiger partial charge >= 0.3 is 6.09 Å². The molecule has 2 N–H and O–H groups in total. The fourth-order valence-corrected chi connectivity index (χ4v) is 4.37. The van der Waals surface area contributed by atoms with Crippen molar-refractivity contribution in [1.82, 2.24) is 20.3 Å². The Morgan fingerprint density at radius 3 is 2.94 bits per heavy atom. The van der Waals surface area contributed by atoms with E-state index in [0.29, 0.717) is 37.7 Å². The first-order valence-electron chi connectivity index (χ1n) is 10.6. The van der Waals surface area contributed by atoms with E-state index in [1.54, 1.807) is 0 Å². The van der Waals surface area contributed by atoms with Crippen LogP contribution in [0.1, 0.15) is 23.2 Å². The fraction of sp³-hybridized carbons (Fsp3) is 0.476. The Hall–Kier alpha value is -3.34. The summed E-state index contributed by atoms with van der Waals surface area (Å²) in [4.78, 5) is 37.7. The van der Waals surface area contributed by atoms with Gasteiger partial charge in [-0.05, 0) is 56.3 Å². The smallest absolute Gasteiger partial charge is 0.415 e. The number of fused-ring (bicyclic) bond motifs is 2. The third-order valence-corrected chi connectivity index (χ3v) is 6.00. The molecule has 0 aromatic carbocycles. The maximum Gasteiger partial charge on any atom is 0.415 e.